The maximum Gasteiger partial charge on any atom is 0.251 e. The van der Waals surface area contributed by atoms with Crippen molar-refractivity contribution in [2.24, 2.45) is 0 Å². The van der Waals surface area contributed by atoms with E-state index in [1.165, 1.54) is 0 Å². The normalized spacial score (nSPS) is 10.1. The van der Waals surface area contributed by atoms with Gasteiger partial charge in [-0.3, -0.25) is 9.59 Å². The number of hydrogen-bond donors (Lipinski definition) is 2. The maximum absolute atomic E-state index is 11.8. The van der Waals surface area contributed by atoms with Crippen LogP contribution >= 0.6 is 22.9 Å². The minimum atomic E-state index is -0.204. The lowest BCUT2D eigenvalue weighted by atomic mass is 10.2. The summed E-state index contributed by atoms with van der Waals surface area (Å²) in [5, 5.41) is 7.96. The molecule has 1 aromatic carbocycles. The zero-order valence-corrected chi connectivity index (χ0v) is 12.8. The van der Waals surface area contributed by atoms with Crippen LogP contribution in [0.3, 0.4) is 0 Å². The van der Waals surface area contributed by atoms with Crippen molar-refractivity contribution in [2.75, 3.05) is 13.1 Å². The highest BCUT2D eigenvalue weighted by atomic mass is 35.5. The Balaban J connectivity index is 1.67. The zero-order valence-electron chi connectivity index (χ0n) is 11.3. The Hall–Kier alpha value is -1.85. The summed E-state index contributed by atoms with van der Waals surface area (Å²) in [6.07, 6.45) is 0.375. The quantitative estimate of drug-likeness (QED) is 0.803. The fourth-order valence-corrected chi connectivity index (χ4v) is 2.64. The molecule has 0 aliphatic heterocycles. The predicted molar refractivity (Wildman–Crippen MR) is 84.8 cm³/mol. The second-order valence-corrected chi connectivity index (χ2v) is 5.84. The average Bonchev–Trinajstić information content (AvgIpc) is 2.96. The molecule has 0 atom stereocenters. The van der Waals surface area contributed by atoms with E-state index in [1.54, 1.807) is 35.6 Å². The van der Waals surface area contributed by atoms with Gasteiger partial charge in [-0.2, -0.15) is 0 Å². The highest BCUT2D eigenvalue weighted by Crippen LogP contribution is 2.10. The van der Waals surface area contributed by atoms with Crippen LogP contribution in [-0.4, -0.2) is 24.9 Å². The van der Waals surface area contributed by atoms with E-state index in [0.29, 0.717) is 30.1 Å². The van der Waals surface area contributed by atoms with E-state index >= 15 is 0 Å². The summed E-state index contributed by atoms with van der Waals surface area (Å²) in [5.74, 6) is -0.250. The Bertz CT molecular complexity index is 614. The molecule has 0 bridgehead atoms. The molecule has 2 aromatic rings. The van der Waals surface area contributed by atoms with Crippen LogP contribution in [0.1, 0.15) is 15.2 Å². The molecule has 0 fully saturated rings. The molecule has 6 heteroatoms. The second-order valence-electron chi connectivity index (χ2n) is 4.37. The van der Waals surface area contributed by atoms with Crippen LogP contribution in [0.25, 0.3) is 0 Å². The van der Waals surface area contributed by atoms with Gasteiger partial charge in [0.1, 0.15) is 0 Å². The Morgan fingerprint density at radius 1 is 1.10 bits per heavy atom. The van der Waals surface area contributed by atoms with Gasteiger partial charge in [-0.25, -0.2) is 0 Å². The van der Waals surface area contributed by atoms with Crippen molar-refractivity contribution >= 4 is 34.8 Å². The first-order chi connectivity index (χ1) is 10.1. The molecule has 0 unspecified atom stereocenters. The third kappa shape index (κ3) is 5.21. The maximum atomic E-state index is 11.8. The van der Waals surface area contributed by atoms with Crippen LogP contribution in [0.5, 0.6) is 0 Å². The van der Waals surface area contributed by atoms with E-state index in [9.17, 15) is 9.59 Å². The lowest BCUT2D eigenvalue weighted by Crippen LogP contribution is -2.35. The summed E-state index contributed by atoms with van der Waals surface area (Å²) in [4.78, 5) is 24.5. The minimum absolute atomic E-state index is 0.0468. The lowest BCUT2D eigenvalue weighted by Gasteiger charge is -2.07. The molecular weight excluding hydrogens is 308 g/mol. The monoisotopic (exact) mass is 322 g/mol. The molecule has 110 valence electrons. The van der Waals surface area contributed by atoms with Crippen LogP contribution in [0.2, 0.25) is 5.02 Å². The number of hydrogen-bond acceptors (Lipinski definition) is 3. The van der Waals surface area contributed by atoms with Gasteiger partial charge < -0.3 is 10.6 Å². The van der Waals surface area contributed by atoms with Crippen molar-refractivity contribution in [1.82, 2.24) is 10.6 Å². The molecule has 21 heavy (non-hydrogen) atoms. The fourth-order valence-electron chi connectivity index (χ4n) is 1.74. The number of amides is 2. The van der Waals surface area contributed by atoms with Crippen LogP contribution in [0.4, 0.5) is 0 Å². The van der Waals surface area contributed by atoms with Crippen molar-refractivity contribution in [3.05, 3.63) is 57.2 Å². The molecule has 0 aliphatic carbocycles. The van der Waals surface area contributed by atoms with Gasteiger partial charge in [0.05, 0.1) is 6.42 Å². The number of carbonyl (C=O) groups excluding carboxylic acids is 2. The van der Waals surface area contributed by atoms with Gasteiger partial charge in [-0.1, -0.05) is 23.7 Å². The largest absolute Gasteiger partial charge is 0.354 e. The van der Waals surface area contributed by atoms with Gasteiger partial charge in [0, 0.05) is 28.6 Å². The van der Waals surface area contributed by atoms with Gasteiger partial charge >= 0.3 is 0 Å². The van der Waals surface area contributed by atoms with Gasteiger partial charge in [0.25, 0.3) is 5.91 Å². The molecule has 2 rings (SSSR count). The van der Waals surface area contributed by atoms with Crippen LogP contribution < -0.4 is 10.6 Å². The number of nitrogens with one attached hydrogen (secondary N) is 2. The highest BCUT2D eigenvalue weighted by Gasteiger charge is 2.06. The van der Waals surface area contributed by atoms with Gasteiger partial charge in [0.2, 0.25) is 5.91 Å². The van der Waals surface area contributed by atoms with E-state index in [2.05, 4.69) is 10.6 Å². The summed E-state index contributed by atoms with van der Waals surface area (Å²) in [5.41, 5.74) is 0.507. The van der Waals surface area contributed by atoms with Crippen LogP contribution in [-0.2, 0) is 11.2 Å². The van der Waals surface area contributed by atoms with Gasteiger partial charge in [0.15, 0.2) is 0 Å². The lowest BCUT2D eigenvalue weighted by molar-refractivity contribution is -0.120. The first-order valence-electron chi connectivity index (χ1n) is 6.48. The van der Waals surface area contributed by atoms with E-state index < -0.39 is 0 Å². The zero-order chi connectivity index (χ0) is 15.1. The van der Waals surface area contributed by atoms with Crippen molar-refractivity contribution in [3.63, 3.8) is 0 Å². The molecule has 2 N–H and O–H groups in total. The van der Waals surface area contributed by atoms with Crippen molar-refractivity contribution < 1.29 is 9.59 Å². The van der Waals surface area contributed by atoms with Gasteiger partial charge in [-0.05, 0) is 29.6 Å². The predicted octanol–water partition coefficient (Wildman–Crippen LogP) is 2.49. The van der Waals surface area contributed by atoms with E-state index in [4.69, 9.17) is 11.6 Å². The van der Waals surface area contributed by atoms with Gasteiger partial charge in [-0.15, -0.1) is 11.3 Å². The second kappa shape index (κ2) is 7.81. The third-order valence-electron chi connectivity index (χ3n) is 2.73. The molecular formula is C15H15ClN2O2S. The number of carbonyl (C=O) groups is 2. The molecule has 2 amide bonds. The molecule has 0 saturated carbocycles. The molecule has 1 aromatic heterocycles. The number of benzene rings is 1. The molecule has 0 radical (unpaired) electrons. The standard InChI is InChI=1S/C15H15ClN2O2S/c16-12-4-1-3-11(9-12)15(20)18-7-6-17-14(19)10-13-5-2-8-21-13/h1-5,8-9H,6-7,10H2,(H,17,19)(H,18,20). The Kier molecular flexibility index (Phi) is 5.78. The fraction of sp³-hybridized carbons (Fsp3) is 0.200. The van der Waals surface area contributed by atoms with Crippen molar-refractivity contribution in [2.45, 2.75) is 6.42 Å². The number of halogens is 1. The van der Waals surface area contributed by atoms with Crippen LogP contribution in [0, 0.1) is 0 Å². The van der Waals surface area contributed by atoms with E-state index in [1.807, 2.05) is 17.5 Å². The molecule has 0 aliphatic rings. The summed E-state index contributed by atoms with van der Waals surface area (Å²) < 4.78 is 0. The van der Waals surface area contributed by atoms with E-state index in [0.717, 1.165) is 4.88 Å². The van der Waals surface area contributed by atoms with Crippen molar-refractivity contribution in [3.8, 4) is 0 Å². The highest BCUT2D eigenvalue weighted by molar-refractivity contribution is 7.10. The summed E-state index contributed by atoms with van der Waals surface area (Å²) in [6.45, 7) is 0.776. The Morgan fingerprint density at radius 3 is 2.62 bits per heavy atom. The Labute approximate surface area is 132 Å². The van der Waals surface area contributed by atoms with E-state index in [-0.39, 0.29) is 11.8 Å². The third-order valence-corrected chi connectivity index (χ3v) is 3.85. The first kappa shape index (κ1) is 15.5. The molecule has 0 spiro atoms. The number of rotatable bonds is 6. The average molecular weight is 323 g/mol. The summed E-state index contributed by atoms with van der Waals surface area (Å²) >= 11 is 7.37. The van der Waals surface area contributed by atoms with Crippen LogP contribution in [0.15, 0.2) is 41.8 Å². The number of thiophene rings is 1. The SMILES string of the molecule is O=C(Cc1cccs1)NCCNC(=O)c1cccc(Cl)c1. The molecule has 4 nitrogen and oxygen atoms in total. The summed E-state index contributed by atoms with van der Waals surface area (Å²) in [7, 11) is 0. The molecule has 1 heterocycles. The topological polar surface area (TPSA) is 58.2 Å². The molecule has 0 saturated heterocycles. The minimum Gasteiger partial charge on any atom is -0.354 e. The smallest absolute Gasteiger partial charge is 0.251 e. The Morgan fingerprint density at radius 2 is 1.90 bits per heavy atom. The van der Waals surface area contributed by atoms with Crippen molar-refractivity contribution in [1.29, 1.82) is 0 Å². The summed E-state index contributed by atoms with van der Waals surface area (Å²) in [6, 6.07) is 10.6. The first-order valence-corrected chi connectivity index (χ1v) is 7.74.